The predicted octanol–water partition coefficient (Wildman–Crippen LogP) is 14.6. The largest absolute Gasteiger partial charge is 0.0776 e. The molecule has 8 rings (SSSR count). The van der Waals surface area contributed by atoms with Crippen LogP contribution in [-0.4, -0.2) is 0 Å². The second kappa shape index (κ2) is 15.7. The van der Waals surface area contributed by atoms with E-state index in [1.54, 1.807) is 19.3 Å². The van der Waals surface area contributed by atoms with E-state index >= 15 is 0 Å². The normalized spacial score (nSPS) is 36.9. The first-order chi connectivity index (χ1) is 21.1. The minimum Gasteiger partial charge on any atom is -0.0776 e. The van der Waals surface area contributed by atoms with Crippen molar-refractivity contribution in [1.29, 1.82) is 0 Å². The van der Waals surface area contributed by atoms with Crippen LogP contribution < -0.4 is 0 Å². The van der Waals surface area contributed by atoms with Gasteiger partial charge >= 0.3 is 0 Å². The van der Waals surface area contributed by atoms with Crippen LogP contribution >= 0.6 is 0 Å². The van der Waals surface area contributed by atoms with Crippen molar-refractivity contribution >= 4 is 10.8 Å². The van der Waals surface area contributed by atoms with Crippen molar-refractivity contribution in [2.45, 2.75) is 170 Å². The molecule has 0 N–H and O–H groups in total. The summed E-state index contributed by atoms with van der Waals surface area (Å²) < 4.78 is 0. The Morgan fingerprint density at radius 1 is 0.340 bits per heavy atom. The Hall–Kier alpha value is -1.30. The maximum atomic E-state index is 2.44. The summed E-state index contributed by atoms with van der Waals surface area (Å²) in [6.07, 6.45) is 13.9. The summed E-state index contributed by atoms with van der Waals surface area (Å²) >= 11 is 0. The van der Waals surface area contributed by atoms with E-state index in [4.69, 9.17) is 0 Å². The van der Waals surface area contributed by atoms with E-state index in [0.717, 1.165) is 71.0 Å². The molecule has 0 amide bonds. The van der Waals surface area contributed by atoms with Crippen LogP contribution in [0.1, 0.15) is 159 Å². The molecule has 6 aliphatic carbocycles. The smallest absolute Gasteiger partial charge is 0.0114 e. The maximum Gasteiger partial charge on any atom is -0.0114 e. The van der Waals surface area contributed by atoms with Gasteiger partial charge in [0.2, 0.25) is 0 Å². The summed E-state index contributed by atoms with van der Waals surface area (Å²) in [5, 5.41) is 2.97. The van der Waals surface area contributed by atoms with E-state index in [-0.39, 0.29) is 14.9 Å². The van der Waals surface area contributed by atoms with Crippen LogP contribution in [0.25, 0.3) is 10.8 Å². The lowest BCUT2D eigenvalue weighted by Gasteiger charge is -2.24. The van der Waals surface area contributed by atoms with Crippen molar-refractivity contribution in [3.05, 3.63) is 44.5 Å². The van der Waals surface area contributed by atoms with Crippen LogP contribution in [0, 0.1) is 126 Å². The van der Waals surface area contributed by atoms with Crippen LogP contribution in [0.3, 0.4) is 0 Å². The lowest BCUT2D eigenvalue weighted by Crippen LogP contribution is -2.15. The Morgan fingerprint density at radius 3 is 0.851 bits per heavy atom. The minimum absolute atomic E-state index is 0. The first-order valence-corrected chi connectivity index (χ1v) is 19.6. The molecule has 6 saturated carbocycles. The second-order valence-electron chi connectivity index (χ2n) is 18.2. The van der Waals surface area contributed by atoms with E-state index in [1.807, 2.05) is 0 Å². The fourth-order valence-corrected chi connectivity index (χ4v) is 12.0. The highest BCUT2D eigenvalue weighted by molar-refractivity contribution is 5.97. The van der Waals surface area contributed by atoms with Gasteiger partial charge < -0.3 is 0 Å². The number of hydrogen-bond donors (Lipinski definition) is 0. The van der Waals surface area contributed by atoms with Crippen molar-refractivity contribution in [3.63, 3.8) is 0 Å². The molecule has 10 unspecified atom stereocenters. The highest BCUT2D eigenvalue weighted by atomic mass is 14.5. The fraction of sp³-hybridized carbons (Fsp3) is 0.787. The average molecular weight is 645 g/mol. The molecule has 6 aliphatic rings. The molecule has 0 aromatic heterocycles. The van der Waals surface area contributed by atoms with Crippen molar-refractivity contribution in [3.8, 4) is 0 Å². The third-order valence-electron chi connectivity index (χ3n) is 16.0. The molecule has 6 fully saturated rings. The van der Waals surface area contributed by atoms with E-state index in [9.17, 15) is 0 Å². The molecule has 0 heterocycles. The predicted molar refractivity (Wildman–Crippen MR) is 213 cm³/mol. The Kier molecular flexibility index (Phi) is 13.4. The van der Waals surface area contributed by atoms with Gasteiger partial charge in [-0.05, 0) is 239 Å². The molecule has 47 heavy (non-hydrogen) atoms. The highest BCUT2D eigenvalue weighted by Gasteiger charge is 2.43. The van der Waals surface area contributed by atoms with Gasteiger partial charge in [-0.3, -0.25) is 0 Å². The number of fused-ring (bicyclic) bond motifs is 7. The standard InChI is InChI=1S/C18H24.3C9H16.2CH4/c1-9-10(2)14(6)18-16(8)12(4)11(3)15(7)17(18)13(9)5;1-6-3-9-5-8(6)4-7(9)2;1-6-3-8-4-7(2)9(6)5-8;1-6-7(2)9-4-3-8(6)5-9;;/h1-8H3;3*6-9H,3-5H2,1-2H3;2*1H4. The highest BCUT2D eigenvalue weighted by Crippen LogP contribution is 2.53. The third kappa shape index (κ3) is 7.58. The van der Waals surface area contributed by atoms with Gasteiger partial charge in [-0.25, -0.2) is 0 Å². The average Bonchev–Trinajstić information content (AvgIpc) is 3.85. The summed E-state index contributed by atoms with van der Waals surface area (Å²) in [5.74, 6) is 13.0. The number of benzene rings is 2. The number of aryl methyl sites for hydroxylation is 4. The summed E-state index contributed by atoms with van der Waals surface area (Å²) in [6, 6.07) is 0. The fourth-order valence-electron chi connectivity index (χ4n) is 12.0. The number of hydrogen-bond acceptors (Lipinski definition) is 0. The minimum atomic E-state index is 0. The summed E-state index contributed by atoms with van der Waals surface area (Å²) in [4.78, 5) is 0. The SMILES string of the molecule is C.C.CC1C2CCC(C2)C1C.CC1CC2CC(C)C1C2.CC1CC2CC1CC2C.Cc1c(C)c(C)c2c(C)c(C)c(C)c(C)c2c1C. The summed E-state index contributed by atoms with van der Waals surface area (Å²) in [5.41, 5.74) is 11.6. The van der Waals surface area contributed by atoms with Crippen molar-refractivity contribution in [2.75, 3.05) is 0 Å². The lowest BCUT2D eigenvalue weighted by molar-refractivity contribution is 0.259. The van der Waals surface area contributed by atoms with Gasteiger partial charge in [0.1, 0.15) is 0 Å². The molecule has 0 radical (unpaired) electrons. The molecular weight excluding hydrogens is 565 g/mol. The van der Waals surface area contributed by atoms with Gasteiger partial charge in [-0.1, -0.05) is 56.4 Å². The molecule has 2 aromatic carbocycles. The van der Waals surface area contributed by atoms with Crippen molar-refractivity contribution in [2.24, 2.45) is 71.0 Å². The molecule has 0 spiro atoms. The van der Waals surface area contributed by atoms with Gasteiger partial charge in [-0.2, -0.15) is 0 Å². The van der Waals surface area contributed by atoms with Crippen LogP contribution in [0.2, 0.25) is 0 Å². The Balaban J connectivity index is 0.000000177. The van der Waals surface area contributed by atoms with Gasteiger partial charge in [0.05, 0.1) is 0 Å². The quantitative estimate of drug-likeness (QED) is 0.268. The molecule has 6 bridgehead atoms. The molecule has 10 atom stereocenters. The van der Waals surface area contributed by atoms with E-state index in [0.29, 0.717) is 0 Å². The van der Waals surface area contributed by atoms with Crippen LogP contribution in [0.5, 0.6) is 0 Å². The van der Waals surface area contributed by atoms with Gasteiger partial charge in [-0.15, -0.1) is 0 Å². The maximum absolute atomic E-state index is 2.44. The van der Waals surface area contributed by atoms with Gasteiger partial charge in [0, 0.05) is 0 Å². The van der Waals surface area contributed by atoms with Crippen molar-refractivity contribution < 1.29 is 0 Å². The molecule has 0 nitrogen and oxygen atoms in total. The third-order valence-corrected chi connectivity index (χ3v) is 16.0. The van der Waals surface area contributed by atoms with Crippen LogP contribution in [0.15, 0.2) is 0 Å². The molecule has 0 saturated heterocycles. The first kappa shape index (κ1) is 40.1. The number of rotatable bonds is 0. The van der Waals surface area contributed by atoms with E-state index in [2.05, 4.69) is 96.9 Å². The molecule has 0 aliphatic heterocycles. The summed E-state index contributed by atoms with van der Waals surface area (Å²) in [6.45, 7) is 32.7. The van der Waals surface area contributed by atoms with Crippen molar-refractivity contribution in [1.82, 2.24) is 0 Å². The zero-order chi connectivity index (χ0) is 33.1. The lowest BCUT2D eigenvalue weighted by atomic mass is 9.82. The summed E-state index contributed by atoms with van der Waals surface area (Å²) in [7, 11) is 0. The van der Waals surface area contributed by atoms with Crippen LogP contribution in [-0.2, 0) is 0 Å². The molecule has 2 aromatic rings. The van der Waals surface area contributed by atoms with Gasteiger partial charge in [0.25, 0.3) is 0 Å². The Labute approximate surface area is 295 Å². The Morgan fingerprint density at radius 2 is 0.660 bits per heavy atom. The molecular formula is C47H80. The van der Waals surface area contributed by atoms with Gasteiger partial charge in [0.15, 0.2) is 0 Å². The molecule has 268 valence electrons. The monoisotopic (exact) mass is 645 g/mol. The zero-order valence-electron chi connectivity index (χ0n) is 32.3. The Bertz CT molecular complexity index is 1200. The second-order valence-corrected chi connectivity index (χ2v) is 18.2. The zero-order valence-corrected chi connectivity index (χ0v) is 32.3. The topological polar surface area (TPSA) is 0 Å². The van der Waals surface area contributed by atoms with Crippen LogP contribution in [0.4, 0.5) is 0 Å². The molecule has 0 heteroatoms. The van der Waals surface area contributed by atoms with E-state index < -0.39 is 0 Å². The van der Waals surface area contributed by atoms with E-state index in [1.165, 1.54) is 93.8 Å². The first-order valence-electron chi connectivity index (χ1n) is 19.6.